The van der Waals surface area contributed by atoms with Crippen molar-refractivity contribution in [1.29, 1.82) is 0 Å². The standard InChI is InChI=1S/C14H25N4O9P/c1-6-23-26-28(22,27-24-7-2)11-8-15-17-18(11)9-10(12(19)20)16-13(21)25-14(3,4)5/h8,10H,6-7,9H2,1-5H3,(H,16,21)(H,19,20)/t10-/m0/s1. The lowest BCUT2D eigenvalue weighted by atomic mass is 10.2. The van der Waals surface area contributed by atoms with Crippen molar-refractivity contribution in [1.82, 2.24) is 20.3 Å². The number of alkyl carbamates (subject to hydrolysis) is 1. The summed E-state index contributed by atoms with van der Waals surface area (Å²) >= 11 is 0. The van der Waals surface area contributed by atoms with E-state index >= 15 is 0 Å². The Kier molecular flexibility index (Phi) is 8.98. The summed E-state index contributed by atoms with van der Waals surface area (Å²) in [5.41, 5.74) is -1.05. The second-order valence-electron chi connectivity index (χ2n) is 6.27. The number of aromatic nitrogens is 3. The number of amides is 1. The van der Waals surface area contributed by atoms with E-state index in [0.29, 0.717) is 0 Å². The molecular formula is C14H25N4O9P. The fourth-order valence-electron chi connectivity index (χ4n) is 1.74. The molecule has 14 heteroatoms. The Balaban J connectivity index is 3.03. The van der Waals surface area contributed by atoms with Crippen molar-refractivity contribution in [3.63, 3.8) is 0 Å². The number of hydrogen-bond acceptors (Lipinski definition) is 10. The van der Waals surface area contributed by atoms with Gasteiger partial charge in [0, 0.05) is 0 Å². The largest absolute Gasteiger partial charge is 0.480 e. The summed E-state index contributed by atoms with van der Waals surface area (Å²) in [4.78, 5) is 32.8. The van der Waals surface area contributed by atoms with Gasteiger partial charge in [0.25, 0.3) is 0 Å². The maximum absolute atomic E-state index is 12.9. The molecule has 160 valence electrons. The van der Waals surface area contributed by atoms with Crippen LogP contribution < -0.4 is 10.8 Å². The molecular weight excluding hydrogens is 399 g/mol. The zero-order chi connectivity index (χ0) is 21.4. The van der Waals surface area contributed by atoms with Gasteiger partial charge in [0.2, 0.25) is 0 Å². The Morgan fingerprint density at radius 3 is 2.29 bits per heavy atom. The molecule has 1 rings (SSSR count). The van der Waals surface area contributed by atoms with Gasteiger partial charge in [0.15, 0.2) is 5.44 Å². The highest BCUT2D eigenvalue weighted by Crippen LogP contribution is 2.47. The van der Waals surface area contributed by atoms with E-state index in [0.717, 1.165) is 10.9 Å². The molecule has 0 saturated heterocycles. The Labute approximate surface area is 161 Å². The van der Waals surface area contributed by atoms with E-state index in [1.54, 1.807) is 34.6 Å². The van der Waals surface area contributed by atoms with Crippen molar-refractivity contribution in [3.05, 3.63) is 6.20 Å². The van der Waals surface area contributed by atoms with Crippen molar-refractivity contribution in [2.24, 2.45) is 0 Å². The highest BCUT2D eigenvalue weighted by molar-refractivity contribution is 7.61. The molecule has 0 aromatic carbocycles. The third-order valence-corrected chi connectivity index (χ3v) is 4.27. The van der Waals surface area contributed by atoms with Gasteiger partial charge in [-0.05, 0) is 34.6 Å². The van der Waals surface area contributed by atoms with Crippen LogP contribution in [0.25, 0.3) is 0 Å². The molecule has 0 aliphatic carbocycles. The van der Waals surface area contributed by atoms with Gasteiger partial charge in [-0.1, -0.05) is 5.21 Å². The fraction of sp³-hybridized carbons (Fsp3) is 0.714. The molecule has 0 fully saturated rings. The molecule has 0 saturated carbocycles. The molecule has 28 heavy (non-hydrogen) atoms. The number of carbonyl (C=O) groups is 2. The number of nitrogens with zero attached hydrogens (tertiary/aromatic N) is 3. The minimum absolute atomic E-state index is 0.0546. The lowest BCUT2D eigenvalue weighted by molar-refractivity contribution is -0.260. The summed E-state index contributed by atoms with van der Waals surface area (Å²) < 4.78 is 28.5. The predicted octanol–water partition coefficient (Wildman–Crippen LogP) is 1.01. The van der Waals surface area contributed by atoms with Crippen LogP contribution in [-0.2, 0) is 39.8 Å². The number of nitrogens with one attached hydrogen (secondary N) is 1. The second-order valence-corrected chi connectivity index (χ2v) is 8.02. The van der Waals surface area contributed by atoms with Crippen LogP contribution in [0.3, 0.4) is 0 Å². The normalized spacial score (nSPS) is 13.2. The van der Waals surface area contributed by atoms with Crippen LogP contribution in [0, 0.1) is 0 Å². The van der Waals surface area contributed by atoms with Gasteiger partial charge in [-0.2, -0.15) is 0 Å². The third kappa shape index (κ3) is 7.52. The van der Waals surface area contributed by atoms with Crippen LogP contribution in [0.4, 0.5) is 4.79 Å². The van der Waals surface area contributed by atoms with Crippen molar-refractivity contribution in [3.8, 4) is 0 Å². The number of aliphatic carboxylic acids is 1. The number of carboxylic acids is 1. The molecule has 13 nitrogen and oxygen atoms in total. The Bertz CT molecular complexity index is 691. The molecule has 0 aliphatic rings. The lowest BCUT2D eigenvalue weighted by Crippen LogP contribution is -2.47. The SMILES string of the molecule is CCOOP(=O)(OOCC)c1cnnn1C[C@H](NC(=O)OC(C)(C)C)C(=O)O. The van der Waals surface area contributed by atoms with Crippen molar-refractivity contribution >= 4 is 25.1 Å². The number of hydrogen-bond donors (Lipinski definition) is 2. The summed E-state index contributed by atoms with van der Waals surface area (Å²) in [6, 6.07) is -1.47. The van der Waals surface area contributed by atoms with Gasteiger partial charge in [-0.15, -0.1) is 14.4 Å². The van der Waals surface area contributed by atoms with Crippen LogP contribution in [0.15, 0.2) is 6.20 Å². The van der Waals surface area contributed by atoms with Gasteiger partial charge in [-0.25, -0.2) is 28.6 Å². The molecule has 0 aliphatic heterocycles. The van der Waals surface area contributed by atoms with Crippen molar-refractivity contribution in [2.75, 3.05) is 13.2 Å². The molecule has 1 aromatic rings. The van der Waals surface area contributed by atoms with Crippen LogP contribution in [-0.4, -0.2) is 57.0 Å². The van der Waals surface area contributed by atoms with Gasteiger partial charge in [0.1, 0.15) is 11.6 Å². The smallest absolute Gasteiger partial charge is 0.434 e. The molecule has 1 atom stereocenters. The average molecular weight is 424 g/mol. The molecule has 0 unspecified atom stereocenters. The Morgan fingerprint density at radius 2 is 1.82 bits per heavy atom. The van der Waals surface area contributed by atoms with E-state index in [9.17, 15) is 19.3 Å². The molecule has 1 heterocycles. The zero-order valence-corrected chi connectivity index (χ0v) is 17.2. The van der Waals surface area contributed by atoms with Crippen LogP contribution in [0.1, 0.15) is 34.6 Å². The summed E-state index contributed by atoms with van der Waals surface area (Å²) in [5, 5.41) is 18.8. The molecule has 1 aromatic heterocycles. The van der Waals surface area contributed by atoms with E-state index in [2.05, 4.69) is 15.6 Å². The fourth-order valence-corrected chi connectivity index (χ4v) is 3.00. The highest BCUT2D eigenvalue weighted by atomic mass is 31.2. The van der Waals surface area contributed by atoms with Gasteiger partial charge >= 0.3 is 19.7 Å². The van der Waals surface area contributed by atoms with Gasteiger partial charge in [-0.3, -0.25) is 0 Å². The van der Waals surface area contributed by atoms with E-state index in [1.807, 2.05) is 0 Å². The summed E-state index contributed by atoms with van der Waals surface area (Å²) in [6.45, 7) is 7.73. The zero-order valence-electron chi connectivity index (χ0n) is 16.3. The van der Waals surface area contributed by atoms with Gasteiger partial charge < -0.3 is 15.2 Å². The lowest BCUT2D eigenvalue weighted by Gasteiger charge is -2.22. The summed E-state index contributed by atoms with van der Waals surface area (Å²) in [5.74, 6) is -1.38. The van der Waals surface area contributed by atoms with Gasteiger partial charge in [0.05, 0.1) is 26.0 Å². The third-order valence-electron chi connectivity index (χ3n) is 2.76. The first-order chi connectivity index (χ1) is 13.0. The Morgan fingerprint density at radius 1 is 1.25 bits per heavy atom. The van der Waals surface area contributed by atoms with Crippen molar-refractivity contribution < 1.29 is 43.1 Å². The maximum atomic E-state index is 12.9. The maximum Gasteiger partial charge on any atom is 0.434 e. The highest BCUT2D eigenvalue weighted by Gasteiger charge is 2.37. The Hall–Kier alpha value is -2.05. The molecule has 0 bridgehead atoms. The molecule has 0 radical (unpaired) electrons. The minimum Gasteiger partial charge on any atom is -0.480 e. The molecule has 0 spiro atoms. The van der Waals surface area contributed by atoms with E-state index in [1.165, 1.54) is 0 Å². The first kappa shape index (κ1) is 24.0. The van der Waals surface area contributed by atoms with Crippen LogP contribution >= 0.6 is 7.60 Å². The first-order valence-electron chi connectivity index (χ1n) is 8.36. The minimum atomic E-state index is -4.19. The first-order valence-corrected chi connectivity index (χ1v) is 9.90. The molecule has 2 N–H and O–H groups in total. The summed E-state index contributed by atoms with van der Waals surface area (Å²) in [6.07, 6.45) is 0.103. The second kappa shape index (κ2) is 10.5. The number of carbonyl (C=O) groups excluding carboxylic acids is 1. The van der Waals surface area contributed by atoms with E-state index in [-0.39, 0.29) is 18.6 Å². The number of rotatable bonds is 11. The topological polar surface area (TPSA) is 160 Å². The quantitative estimate of drug-likeness (QED) is 0.296. The van der Waals surface area contributed by atoms with Crippen LogP contribution in [0.5, 0.6) is 0 Å². The van der Waals surface area contributed by atoms with Crippen LogP contribution in [0.2, 0.25) is 0 Å². The van der Waals surface area contributed by atoms with E-state index in [4.69, 9.17) is 23.9 Å². The number of carboxylic acid groups (broad SMARTS) is 1. The predicted molar refractivity (Wildman–Crippen MR) is 93.5 cm³/mol. The average Bonchev–Trinajstić information content (AvgIpc) is 3.05. The number of ether oxygens (including phenoxy) is 1. The summed E-state index contributed by atoms with van der Waals surface area (Å²) in [7, 11) is -4.19. The molecule has 1 amide bonds. The van der Waals surface area contributed by atoms with E-state index < -0.39 is 37.8 Å². The monoisotopic (exact) mass is 424 g/mol. The van der Waals surface area contributed by atoms with Crippen molar-refractivity contribution in [2.45, 2.75) is 52.8 Å².